The lowest BCUT2D eigenvalue weighted by molar-refractivity contribution is 0.0994. The smallest absolute Gasteiger partial charge is 0.250 e. The summed E-state index contributed by atoms with van der Waals surface area (Å²) < 4.78 is 0. The third kappa shape index (κ3) is 7.02. The molecule has 284 valence electrons. The Morgan fingerprint density at radius 3 is 1.02 bits per heavy atom. The van der Waals surface area contributed by atoms with Crippen LogP contribution in [0.15, 0.2) is 182 Å². The van der Waals surface area contributed by atoms with Crippen LogP contribution in [0.5, 0.6) is 0 Å². The van der Waals surface area contributed by atoms with Crippen LogP contribution in [0.1, 0.15) is 69.4 Å². The predicted molar refractivity (Wildman–Crippen MR) is 246 cm³/mol. The molecule has 0 saturated heterocycles. The van der Waals surface area contributed by atoms with Crippen LogP contribution in [0.4, 0.5) is 0 Å². The van der Waals surface area contributed by atoms with E-state index in [4.69, 9.17) is 11.5 Å². The maximum Gasteiger partial charge on any atom is 0.250 e. The van der Waals surface area contributed by atoms with Crippen LogP contribution in [-0.4, -0.2) is 11.8 Å². The monoisotopic (exact) mass is 790 g/mol. The van der Waals surface area contributed by atoms with Gasteiger partial charge in [0.2, 0.25) is 11.8 Å². The fourth-order valence-electron chi connectivity index (χ4n) is 9.26. The van der Waals surface area contributed by atoms with E-state index < -0.39 is 27.7 Å². The van der Waals surface area contributed by atoms with E-state index in [9.17, 15) is 9.59 Å². The van der Waals surface area contributed by atoms with Gasteiger partial charge >= 0.3 is 0 Å². The van der Waals surface area contributed by atoms with Crippen molar-refractivity contribution in [2.75, 3.05) is 0 Å². The Bertz CT molecular complexity index is 2490. The molecule has 0 heterocycles. The molecule has 1 aliphatic carbocycles. The topological polar surface area (TPSA) is 86.2 Å². The first-order valence-corrected chi connectivity index (χ1v) is 22.7. The molecular formula is C52H44N2O2P2. The second kappa shape index (κ2) is 16.5. The van der Waals surface area contributed by atoms with E-state index in [2.05, 4.69) is 121 Å². The van der Waals surface area contributed by atoms with Gasteiger partial charge in [-0.15, -0.1) is 0 Å². The van der Waals surface area contributed by atoms with Crippen molar-refractivity contribution in [1.29, 1.82) is 0 Å². The largest absolute Gasteiger partial charge is 0.366 e. The quantitative estimate of drug-likeness (QED) is 0.136. The van der Waals surface area contributed by atoms with Gasteiger partial charge in [0.1, 0.15) is 0 Å². The van der Waals surface area contributed by atoms with Crippen LogP contribution in [0.2, 0.25) is 0 Å². The molecule has 0 aliphatic heterocycles. The number of benzene rings is 8. The van der Waals surface area contributed by atoms with Crippen LogP contribution >= 0.6 is 15.8 Å². The fraction of sp³-hybridized carbons (Fsp3) is 0.115. The van der Waals surface area contributed by atoms with Crippen LogP contribution in [-0.2, 0) is 0 Å². The van der Waals surface area contributed by atoms with Crippen LogP contribution < -0.4 is 43.3 Å². The molecule has 1 saturated carbocycles. The highest BCUT2D eigenvalue weighted by Gasteiger charge is 2.38. The molecule has 9 rings (SSSR count). The van der Waals surface area contributed by atoms with Gasteiger partial charge in [-0.25, -0.2) is 0 Å². The Balaban J connectivity index is 1.38. The van der Waals surface area contributed by atoms with Crippen molar-refractivity contribution in [1.82, 2.24) is 0 Å². The summed E-state index contributed by atoms with van der Waals surface area (Å²) in [4.78, 5) is 28.2. The second-order valence-corrected chi connectivity index (χ2v) is 19.4. The number of nitrogens with two attached hydrogens (primary N) is 2. The van der Waals surface area contributed by atoms with Crippen LogP contribution in [0, 0.1) is 0 Å². The first kappa shape index (κ1) is 37.6. The van der Waals surface area contributed by atoms with Gasteiger partial charge in [0, 0.05) is 10.6 Å². The normalized spacial score (nSPS) is 15.6. The molecule has 8 aromatic rings. The first-order chi connectivity index (χ1) is 28.5. The molecule has 2 atom stereocenters. The summed E-state index contributed by atoms with van der Waals surface area (Å²) in [6, 6.07) is 63.5. The zero-order valence-corrected chi connectivity index (χ0v) is 34.0. The van der Waals surface area contributed by atoms with Gasteiger partial charge < -0.3 is 11.5 Å². The summed E-state index contributed by atoms with van der Waals surface area (Å²) in [5.41, 5.74) is 16.6. The zero-order valence-electron chi connectivity index (χ0n) is 32.2. The molecule has 0 spiro atoms. The molecule has 1 fully saturated rings. The van der Waals surface area contributed by atoms with E-state index in [0.29, 0.717) is 11.1 Å². The molecule has 8 aromatic carbocycles. The standard InChI is InChI=1S/C52H44N2O2P2/c53-51(55)47-41-29-15-13-19-35(41)33-45(49(47)57(37-21-5-1-6-22-37)38-23-7-2-8-24-38)43-31-17-18-32-44(43)46-34-36-20-14-16-30-42(36)48(52(54)56)50(46)58(39-25-9-3-10-26-39)40-27-11-4-12-28-40/h1-16,19-30,33-34,43-44H,17-18,31-32H2,(H2,53,55)(H2,54,56)/t43-,44-/m1/s1. The number of hydrogen-bond acceptors (Lipinski definition) is 2. The summed E-state index contributed by atoms with van der Waals surface area (Å²) in [6.45, 7) is 0. The molecule has 6 heteroatoms. The Kier molecular flexibility index (Phi) is 10.7. The lowest BCUT2D eigenvalue weighted by atomic mass is 9.71. The van der Waals surface area contributed by atoms with E-state index >= 15 is 0 Å². The van der Waals surface area contributed by atoms with Gasteiger partial charge in [-0.2, -0.15) is 0 Å². The van der Waals surface area contributed by atoms with E-state index in [0.717, 1.165) is 79.1 Å². The number of hydrogen-bond donors (Lipinski definition) is 2. The molecule has 58 heavy (non-hydrogen) atoms. The molecule has 4 nitrogen and oxygen atoms in total. The number of fused-ring (bicyclic) bond motifs is 2. The third-order valence-corrected chi connectivity index (χ3v) is 16.8. The first-order valence-electron chi connectivity index (χ1n) is 20.0. The number of amides is 2. The molecule has 0 aromatic heterocycles. The number of carbonyl (C=O) groups is 2. The van der Waals surface area contributed by atoms with Gasteiger partial charge in [0.15, 0.2) is 0 Å². The summed E-state index contributed by atoms with van der Waals surface area (Å²) in [5, 5.41) is 10.5. The fourth-order valence-corrected chi connectivity index (χ4v) is 14.7. The van der Waals surface area contributed by atoms with E-state index in [1.807, 2.05) is 60.7 Å². The second-order valence-electron chi connectivity index (χ2n) is 15.1. The van der Waals surface area contributed by atoms with E-state index in [1.54, 1.807) is 0 Å². The van der Waals surface area contributed by atoms with Gasteiger partial charge in [0.05, 0.1) is 11.1 Å². The highest BCUT2D eigenvalue weighted by molar-refractivity contribution is 7.80. The summed E-state index contributed by atoms with van der Waals surface area (Å²) in [7, 11) is -2.43. The molecule has 4 N–H and O–H groups in total. The van der Waals surface area contributed by atoms with E-state index in [-0.39, 0.29) is 11.8 Å². The maximum absolute atomic E-state index is 14.1. The molecular weight excluding hydrogens is 747 g/mol. The molecule has 0 unspecified atom stereocenters. The Labute approximate surface area is 342 Å². The summed E-state index contributed by atoms with van der Waals surface area (Å²) >= 11 is 0. The van der Waals surface area contributed by atoms with Crippen molar-refractivity contribution in [3.05, 3.63) is 204 Å². The Morgan fingerprint density at radius 2 is 0.707 bits per heavy atom. The van der Waals surface area contributed by atoms with Gasteiger partial charge in [0.25, 0.3) is 0 Å². The molecule has 1 aliphatic rings. The molecule has 0 bridgehead atoms. The average molecular weight is 791 g/mol. The predicted octanol–water partition coefficient (Wildman–Crippen LogP) is 9.15. The van der Waals surface area contributed by atoms with Gasteiger partial charge in [-0.3, -0.25) is 9.59 Å². The van der Waals surface area contributed by atoms with Crippen LogP contribution in [0.25, 0.3) is 21.5 Å². The minimum absolute atomic E-state index is 0.0212. The Hall–Kier alpha value is -5.92. The van der Waals surface area contributed by atoms with Crippen molar-refractivity contribution in [3.8, 4) is 0 Å². The number of carbonyl (C=O) groups excluding carboxylic acids is 2. The van der Waals surface area contributed by atoms with Crippen molar-refractivity contribution >= 4 is 81.0 Å². The zero-order chi connectivity index (χ0) is 39.6. The number of rotatable bonds is 10. The Morgan fingerprint density at radius 1 is 0.414 bits per heavy atom. The minimum Gasteiger partial charge on any atom is -0.366 e. The SMILES string of the molecule is NC(=O)c1c(P(c2ccccc2)c2ccccc2)c([C@@H]2CCCC[C@H]2c2cc3ccccc3c(C(N)=O)c2P(c2ccccc2)c2ccccc2)cc2ccccc12. The third-order valence-electron chi connectivity index (χ3n) is 11.7. The highest BCUT2D eigenvalue weighted by Crippen LogP contribution is 2.51. The maximum atomic E-state index is 14.1. The lowest BCUT2D eigenvalue weighted by Gasteiger charge is -2.38. The summed E-state index contributed by atoms with van der Waals surface area (Å²) in [6.07, 6.45) is 3.94. The lowest BCUT2D eigenvalue weighted by Crippen LogP contribution is -2.35. The number of primary amides is 2. The van der Waals surface area contributed by atoms with Crippen molar-refractivity contribution in [3.63, 3.8) is 0 Å². The van der Waals surface area contributed by atoms with Gasteiger partial charge in [-0.05, 0) is 94.4 Å². The highest BCUT2D eigenvalue weighted by atomic mass is 31.1. The average Bonchev–Trinajstić information content (AvgIpc) is 3.27. The minimum atomic E-state index is -1.21. The van der Waals surface area contributed by atoms with Crippen molar-refractivity contribution in [2.45, 2.75) is 37.5 Å². The van der Waals surface area contributed by atoms with Crippen LogP contribution in [0.3, 0.4) is 0 Å². The summed E-state index contributed by atoms with van der Waals surface area (Å²) in [5.74, 6) is -0.793. The van der Waals surface area contributed by atoms with Gasteiger partial charge in [-0.1, -0.05) is 195 Å². The molecule has 2 amide bonds. The van der Waals surface area contributed by atoms with Crippen molar-refractivity contribution < 1.29 is 9.59 Å². The van der Waals surface area contributed by atoms with E-state index in [1.165, 1.54) is 11.1 Å². The molecule has 0 radical (unpaired) electrons. The van der Waals surface area contributed by atoms with Crippen molar-refractivity contribution in [2.24, 2.45) is 11.5 Å².